The molecule has 2 amide bonds. The molecule has 1 saturated carbocycles. The van der Waals surface area contributed by atoms with Crippen molar-refractivity contribution in [2.24, 2.45) is 5.92 Å². The fourth-order valence-corrected chi connectivity index (χ4v) is 7.32. The first-order chi connectivity index (χ1) is 16.8. The second-order valence-electron chi connectivity index (χ2n) is 9.81. The average molecular weight is 501 g/mol. The Morgan fingerprint density at radius 1 is 1.00 bits per heavy atom. The summed E-state index contributed by atoms with van der Waals surface area (Å²) >= 11 is 0. The van der Waals surface area contributed by atoms with Gasteiger partial charge in [-0.2, -0.15) is 4.31 Å². The fourth-order valence-electron chi connectivity index (χ4n) is 5.76. The molecule has 3 heterocycles. The lowest BCUT2D eigenvalue weighted by Gasteiger charge is -2.42. The third-order valence-corrected chi connectivity index (χ3v) is 9.29. The number of hydrogen-bond donors (Lipinski definition) is 2. The number of carbonyl (C=O) groups is 1. The van der Waals surface area contributed by atoms with Gasteiger partial charge in [-0.05, 0) is 55.5 Å². The number of hydrogen-bond acceptors (Lipinski definition) is 5. The number of benzene rings is 1. The lowest BCUT2D eigenvalue weighted by molar-refractivity contribution is 0.187. The number of amides is 2. The normalized spacial score (nSPS) is 22.8. The van der Waals surface area contributed by atoms with Gasteiger partial charge >= 0.3 is 6.03 Å². The molecule has 2 N–H and O–H groups in total. The molecule has 1 aromatic carbocycles. The van der Waals surface area contributed by atoms with Crippen molar-refractivity contribution in [2.45, 2.75) is 61.9 Å². The lowest BCUT2D eigenvalue weighted by Crippen LogP contribution is -2.49. The Labute approximate surface area is 205 Å². The third-order valence-electron chi connectivity index (χ3n) is 7.44. The molecule has 2 bridgehead atoms. The van der Waals surface area contributed by atoms with Gasteiger partial charge in [0.05, 0.1) is 17.7 Å². The average Bonchev–Trinajstić information content (AvgIpc) is 2.86. The predicted molar refractivity (Wildman–Crippen MR) is 132 cm³/mol. The molecule has 1 aromatic heterocycles. The Kier molecular flexibility index (Phi) is 6.59. The van der Waals surface area contributed by atoms with Crippen molar-refractivity contribution in [3.8, 4) is 5.75 Å². The fraction of sp³-hybridized carbons (Fsp3) is 0.520. The van der Waals surface area contributed by atoms with E-state index in [0.29, 0.717) is 30.2 Å². The van der Waals surface area contributed by atoms with Crippen LogP contribution in [0.2, 0.25) is 0 Å². The number of nitrogens with zero attached hydrogens (tertiary/aromatic N) is 2. The van der Waals surface area contributed by atoms with Crippen molar-refractivity contribution < 1.29 is 17.9 Å². The third kappa shape index (κ3) is 4.81. The summed E-state index contributed by atoms with van der Waals surface area (Å²) in [5, 5.41) is 6.01. The van der Waals surface area contributed by atoms with E-state index in [4.69, 9.17) is 4.74 Å². The van der Waals surface area contributed by atoms with Gasteiger partial charge < -0.3 is 19.9 Å². The molecule has 5 rings (SSSR count). The van der Waals surface area contributed by atoms with Crippen LogP contribution < -0.4 is 20.9 Å². The number of anilines is 1. The van der Waals surface area contributed by atoms with Crippen molar-refractivity contribution >= 4 is 21.7 Å². The number of rotatable bonds is 5. The molecule has 2 atom stereocenters. The molecule has 10 heteroatoms. The number of pyridine rings is 1. The van der Waals surface area contributed by atoms with Crippen LogP contribution in [0.5, 0.6) is 5.75 Å². The number of piperidine rings is 1. The zero-order chi connectivity index (χ0) is 24.6. The summed E-state index contributed by atoms with van der Waals surface area (Å²) in [7, 11) is -2.17. The zero-order valence-corrected chi connectivity index (χ0v) is 20.7. The molecular weight excluding hydrogens is 468 g/mol. The Bertz CT molecular complexity index is 1250. The molecule has 2 aliphatic heterocycles. The van der Waals surface area contributed by atoms with E-state index in [1.165, 1.54) is 23.9 Å². The Hall–Kier alpha value is -2.85. The van der Waals surface area contributed by atoms with E-state index in [1.807, 2.05) is 0 Å². The van der Waals surface area contributed by atoms with Crippen LogP contribution in [0.25, 0.3) is 0 Å². The Morgan fingerprint density at radius 2 is 1.74 bits per heavy atom. The molecule has 3 aliphatic rings. The highest BCUT2D eigenvalue weighted by molar-refractivity contribution is 7.89. The van der Waals surface area contributed by atoms with Crippen LogP contribution in [0.4, 0.5) is 10.5 Å². The molecule has 2 aromatic rings. The first-order valence-electron chi connectivity index (χ1n) is 12.3. The summed E-state index contributed by atoms with van der Waals surface area (Å²) in [5.41, 5.74) is 1.16. The molecule has 188 valence electrons. The largest absolute Gasteiger partial charge is 0.497 e. The van der Waals surface area contributed by atoms with Crippen molar-refractivity contribution in [1.82, 2.24) is 14.2 Å². The quantitative estimate of drug-likeness (QED) is 0.656. The van der Waals surface area contributed by atoms with Gasteiger partial charge in [0.15, 0.2) is 0 Å². The van der Waals surface area contributed by atoms with Gasteiger partial charge in [-0.3, -0.25) is 4.79 Å². The Morgan fingerprint density at radius 3 is 2.46 bits per heavy atom. The molecule has 1 saturated heterocycles. The molecule has 1 aliphatic carbocycles. The summed E-state index contributed by atoms with van der Waals surface area (Å²) in [6, 6.07) is 9.39. The van der Waals surface area contributed by atoms with Crippen LogP contribution in [0.15, 0.2) is 46.1 Å². The molecule has 2 unspecified atom stereocenters. The minimum atomic E-state index is -3.71. The van der Waals surface area contributed by atoms with Crippen molar-refractivity contribution in [1.29, 1.82) is 0 Å². The van der Waals surface area contributed by atoms with E-state index in [0.717, 1.165) is 32.1 Å². The number of fused-ring (bicyclic) bond motifs is 4. The van der Waals surface area contributed by atoms with E-state index in [2.05, 4.69) is 10.6 Å². The van der Waals surface area contributed by atoms with Gasteiger partial charge in [0.2, 0.25) is 10.0 Å². The van der Waals surface area contributed by atoms with Crippen molar-refractivity contribution in [3.05, 3.63) is 52.4 Å². The summed E-state index contributed by atoms with van der Waals surface area (Å²) in [5.74, 6) is 0.433. The maximum absolute atomic E-state index is 13.4. The number of carbonyl (C=O) groups excluding carboxylic acids is 1. The number of sulfonamides is 1. The number of aromatic nitrogens is 1. The summed E-state index contributed by atoms with van der Waals surface area (Å²) < 4.78 is 35.2. The molecule has 9 nitrogen and oxygen atoms in total. The van der Waals surface area contributed by atoms with E-state index in [1.54, 1.807) is 34.9 Å². The van der Waals surface area contributed by atoms with E-state index < -0.39 is 10.0 Å². The van der Waals surface area contributed by atoms with E-state index in [-0.39, 0.29) is 40.9 Å². The maximum atomic E-state index is 13.4. The van der Waals surface area contributed by atoms with Crippen LogP contribution in [0.1, 0.15) is 50.1 Å². The van der Waals surface area contributed by atoms with Crippen LogP contribution >= 0.6 is 0 Å². The predicted octanol–water partition coefficient (Wildman–Crippen LogP) is 3.12. The van der Waals surface area contributed by atoms with Gasteiger partial charge in [0.25, 0.3) is 5.56 Å². The number of methoxy groups -OCH3 is 1. The molecular formula is C25H32N4O5S. The van der Waals surface area contributed by atoms with Gasteiger partial charge in [0.1, 0.15) is 5.75 Å². The topological polar surface area (TPSA) is 110 Å². The SMILES string of the molecule is COc1ccc(S(=O)(=O)N2CC3CC(C2)c2c(NC(=O)NC4CCCCC4)ccc(=O)n2C3)cc1. The molecule has 0 spiro atoms. The van der Waals surface area contributed by atoms with Gasteiger partial charge in [-0.25, -0.2) is 13.2 Å². The molecule has 35 heavy (non-hydrogen) atoms. The van der Waals surface area contributed by atoms with E-state index >= 15 is 0 Å². The van der Waals surface area contributed by atoms with Crippen molar-refractivity contribution in [3.63, 3.8) is 0 Å². The summed E-state index contributed by atoms with van der Waals surface area (Å²) in [4.78, 5) is 25.7. The zero-order valence-electron chi connectivity index (χ0n) is 19.9. The first-order valence-corrected chi connectivity index (χ1v) is 13.7. The standard InChI is InChI=1S/C25H32N4O5S/c1-34-20-7-9-21(10-8-20)35(32,33)28-14-17-13-18(16-28)24-22(11-12-23(30)29(24)15-17)27-25(31)26-19-5-3-2-4-6-19/h7-12,17-19H,2-6,13-16H2,1H3,(H2,26,27,31). The highest BCUT2D eigenvalue weighted by atomic mass is 32.2. The molecule has 0 radical (unpaired) electrons. The maximum Gasteiger partial charge on any atom is 0.319 e. The number of nitrogens with one attached hydrogen (secondary N) is 2. The van der Waals surface area contributed by atoms with Crippen LogP contribution in [0, 0.1) is 5.92 Å². The molecule has 2 fully saturated rings. The Balaban J connectivity index is 1.39. The smallest absolute Gasteiger partial charge is 0.319 e. The van der Waals surface area contributed by atoms with Gasteiger partial charge in [-0.1, -0.05) is 19.3 Å². The number of urea groups is 1. The van der Waals surface area contributed by atoms with E-state index in [9.17, 15) is 18.0 Å². The highest BCUT2D eigenvalue weighted by Crippen LogP contribution is 2.40. The second-order valence-corrected chi connectivity index (χ2v) is 11.7. The van der Waals surface area contributed by atoms with Gasteiger partial charge in [-0.15, -0.1) is 0 Å². The van der Waals surface area contributed by atoms with Crippen LogP contribution in [-0.4, -0.2) is 49.6 Å². The summed E-state index contributed by atoms with van der Waals surface area (Å²) in [6.07, 6.45) is 6.15. The minimum Gasteiger partial charge on any atom is -0.497 e. The first kappa shape index (κ1) is 23.9. The minimum absolute atomic E-state index is 0.0262. The highest BCUT2D eigenvalue weighted by Gasteiger charge is 2.40. The monoisotopic (exact) mass is 500 g/mol. The summed E-state index contributed by atoms with van der Waals surface area (Å²) in [6.45, 7) is 1.04. The van der Waals surface area contributed by atoms with Crippen molar-refractivity contribution in [2.75, 3.05) is 25.5 Å². The van der Waals surface area contributed by atoms with Crippen LogP contribution in [0.3, 0.4) is 0 Å². The number of ether oxygens (including phenoxy) is 1. The van der Waals surface area contributed by atoms with Crippen LogP contribution in [-0.2, 0) is 16.6 Å². The van der Waals surface area contributed by atoms with Gasteiger partial charge in [0, 0.05) is 43.4 Å². The second kappa shape index (κ2) is 9.66. The lowest BCUT2D eigenvalue weighted by atomic mass is 9.83.